The Morgan fingerprint density at radius 3 is 2.55 bits per heavy atom. The summed E-state index contributed by atoms with van der Waals surface area (Å²) in [6.45, 7) is 0.212. The highest BCUT2D eigenvalue weighted by molar-refractivity contribution is 5.86. The van der Waals surface area contributed by atoms with E-state index in [0.29, 0.717) is 32.1 Å². The molecule has 5 nitrogen and oxygen atoms in total. The lowest BCUT2D eigenvalue weighted by Crippen LogP contribution is -2.36. The molecule has 0 bridgehead atoms. The Balaban J connectivity index is 1.74. The first kappa shape index (κ1) is 25.0. The molecule has 1 heterocycles. The van der Waals surface area contributed by atoms with Gasteiger partial charge in [0.1, 0.15) is 0 Å². The average Bonchev–Trinajstić information content (AvgIpc) is 2.95. The van der Waals surface area contributed by atoms with Crippen LogP contribution < -0.4 is 0 Å². The fourth-order valence-electron chi connectivity index (χ4n) is 3.85. The van der Waals surface area contributed by atoms with Gasteiger partial charge in [-0.1, -0.05) is 61.7 Å². The molecule has 0 aromatic heterocycles. The number of alkyl halides is 2. The topological polar surface area (TPSA) is 77.8 Å². The van der Waals surface area contributed by atoms with Crippen LogP contribution in [0.5, 0.6) is 0 Å². The van der Waals surface area contributed by atoms with Crippen LogP contribution in [0.4, 0.5) is 8.78 Å². The monoisotopic (exact) mass is 437 g/mol. The van der Waals surface area contributed by atoms with Gasteiger partial charge in [0.15, 0.2) is 0 Å². The van der Waals surface area contributed by atoms with Gasteiger partial charge >= 0.3 is 11.9 Å². The van der Waals surface area contributed by atoms with E-state index in [1.54, 1.807) is 0 Å². The van der Waals surface area contributed by atoms with Crippen LogP contribution in [0.2, 0.25) is 0 Å². The Morgan fingerprint density at radius 2 is 1.84 bits per heavy atom. The molecule has 31 heavy (non-hydrogen) atoms. The number of hydrogen-bond donors (Lipinski definition) is 2. The first-order valence-corrected chi connectivity index (χ1v) is 11.1. The number of carbonyl (C=O) groups is 2. The summed E-state index contributed by atoms with van der Waals surface area (Å²) >= 11 is 0. The third-order valence-electron chi connectivity index (χ3n) is 5.59. The van der Waals surface area contributed by atoms with Crippen molar-refractivity contribution in [3.63, 3.8) is 0 Å². The molecule has 2 unspecified atom stereocenters. The fourth-order valence-corrected chi connectivity index (χ4v) is 3.85. The number of aliphatic hydroxyl groups is 1. The normalized spacial score (nSPS) is 19.3. The smallest absolute Gasteiger partial charge is 0.327 e. The molecule has 1 fully saturated rings. The molecule has 1 aromatic rings. The molecule has 2 rings (SSSR count). The number of aliphatic hydroxyl groups excluding tert-OH is 1. The Labute approximate surface area is 182 Å². The van der Waals surface area contributed by atoms with Gasteiger partial charge in [-0.05, 0) is 37.7 Å². The highest BCUT2D eigenvalue weighted by atomic mass is 19.3. The maximum Gasteiger partial charge on any atom is 0.327 e. The molecule has 7 heteroatoms. The predicted molar refractivity (Wildman–Crippen MR) is 115 cm³/mol. The predicted octanol–water partition coefficient (Wildman–Crippen LogP) is 4.59. The molecule has 2 N–H and O–H groups in total. The molecule has 2 atom stereocenters. The lowest BCUT2D eigenvalue weighted by atomic mass is 10.0. The Morgan fingerprint density at radius 1 is 1.13 bits per heavy atom. The number of nitrogens with zero attached hydrogens (tertiary/aromatic N) is 1. The van der Waals surface area contributed by atoms with Gasteiger partial charge < -0.3 is 15.1 Å². The number of aryl methyl sites for hydroxylation is 1. The SMILES string of the molecule is O=C(O)CCCCCCN1C(=O)C(F)(F)CC1C=CC(O)CCCCc1ccccc1. The number of halogens is 2. The number of unbranched alkanes of at least 4 members (excludes halogenated alkanes) is 4. The molecule has 0 aliphatic carbocycles. The standard InChI is InChI=1S/C24H33F2NO4/c25-24(26)18-20(27(23(24)31)17-9-2-1-6-14-22(29)30)15-16-21(28)13-8-7-12-19-10-4-3-5-11-19/h3-5,10-11,15-16,20-21,28H,1-2,6-9,12-14,17-18H2,(H,29,30). The van der Waals surface area contributed by atoms with Crippen LogP contribution in [0.3, 0.4) is 0 Å². The van der Waals surface area contributed by atoms with E-state index in [2.05, 4.69) is 12.1 Å². The van der Waals surface area contributed by atoms with Gasteiger partial charge in [0, 0.05) is 19.4 Å². The zero-order chi connectivity index (χ0) is 22.7. The van der Waals surface area contributed by atoms with E-state index in [1.807, 2.05) is 18.2 Å². The third kappa shape index (κ3) is 8.77. The lowest BCUT2D eigenvalue weighted by molar-refractivity contribution is -0.148. The maximum absolute atomic E-state index is 13.9. The number of benzene rings is 1. The van der Waals surface area contributed by atoms with Crippen LogP contribution in [0.1, 0.15) is 63.4 Å². The van der Waals surface area contributed by atoms with E-state index in [4.69, 9.17) is 5.11 Å². The Bertz CT molecular complexity index is 724. The number of carbonyl (C=O) groups excluding carboxylic acids is 1. The number of amides is 1. The summed E-state index contributed by atoms with van der Waals surface area (Å²) in [7, 11) is 0. The number of aliphatic carboxylic acids is 1. The molecule has 172 valence electrons. The summed E-state index contributed by atoms with van der Waals surface area (Å²) in [6, 6.07) is 9.36. The van der Waals surface area contributed by atoms with Crippen LogP contribution in [0, 0.1) is 0 Å². The number of hydrogen-bond acceptors (Lipinski definition) is 3. The second-order valence-corrected chi connectivity index (χ2v) is 8.22. The van der Waals surface area contributed by atoms with E-state index in [1.165, 1.54) is 22.6 Å². The van der Waals surface area contributed by atoms with Crippen molar-refractivity contribution in [2.45, 2.75) is 82.3 Å². The highest BCUT2D eigenvalue weighted by Gasteiger charge is 2.52. The summed E-state index contributed by atoms with van der Waals surface area (Å²) in [6.07, 6.45) is 7.55. The minimum atomic E-state index is -3.38. The Kier molecular flexibility index (Phi) is 10.1. The van der Waals surface area contributed by atoms with Gasteiger partial charge in [-0.15, -0.1) is 0 Å². The van der Waals surface area contributed by atoms with Crippen LogP contribution in [0.25, 0.3) is 0 Å². The average molecular weight is 438 g/mol. The van der Waals surface area contributed by atoms with Crippen molar-refractivity contribution in [2.24, 2.45) is 0 Å². The number of rotatable bonds is 14. The molecule has 1 saturated heterocycles. The molecular formula is C24H33F2NO4. The number of carboxylic acid groups (broad SMARTS) is 1. The third-order valence-corrected chi connectivity index (χ3v) is 5.59. The summed E-state index contributed by atoms with van der Waals surface area (Å²) in [4.78, 5) is 23.7. The largest absolute Gasteiger partial charge is 0.481 e. The zero-order valence-electron chi connectivity index (χ0n) is 17.9. The van der Waals surface area contributed by atoms with E-state index in [0.717, 1.165) is 19.3 Å². The van der Waals surface area contributed by atoms with Gasteiger partial charge in [-0.3, -0.25) is 9.59 Å². The maximum atomic E-state index is 13.9. The molecule has 1 aliphatic rings. The van der Waals surface area contributed by atoms with Gasteiger partial charge in [-0.25, -0.2) is 0 Å². The first-order valence-electron chi connectivity index (χ1n) is 11.1. The van der Waals surface area contributed by atoms with Crippen molar-refractivity contribution in [2.75, 3.05) is 6.54 Å². The van der Waals surface area contributed by atoms with Crippen molar-refractivity contribution in [3.8, 4) is 0 Å². The van der Waals surface area contributed by atoms with Crippen molar-refractivity contribution < 1.29 is 28.6 Å². The summed E-state index contributed by atoms with van der Waals surface area (Å²) in [5, 5.41) is 18.8. The molecule has 0 radical (unpaired) electrons. The minimum Gasteiger partial charge on any atom is -0.481 e. The van der Waals surface area contributed by atoms with Gasteiger partial charge in [-0.2, -0.15) is 8.78 Å². The molecule has 0 spiro atoms. The lowest BCUT2D eigenvalue weighted by Gasteiger charge is -2.22. The van der Waals surface area contributed by atoms with E-state index >= 15 is 0 Å². The van der Waals surface area contributed by atoms with Crippen LogP contribution in [-0.4, -0.2) is 51.6 Å². The minimum absolute atomic E-state index is 0.0926. The summed E-state index contributed by atoms with van der Waals surface area (Å²) < 4.78 is 27.9. The molecular weight excluding hydrogens is 404 g/mol. The quantitative estimate of drug-likeness (QED) is 0.330. The van der Waals surface area contributed by atoms with Crippen LogP contribution in [-0.2, 0) is 16.0 Å². The fraction of sp³-hybridized carbons (Fsp3) is 0.583. The van der Waals surface area contributed by atoms with Crippen molar-refractivity contribution in [1.29, 1.82) is 0 Å². The number of carboxylic acids is 1. The second-order valence-electron chi connectivity index (χ2n) is 8.22. The molecule has 1 aliphatic heterocycles. The molecule has 1 amide bonds. The van der Waals surface area contributed by atoms with Gasteiger partial charge in [0.05, 0.1) is 12.1 Å². The van der Waals surface area contributed by atoms with E-state index in [9.17, 15) is 23.5 Å². The van der Waals surface area contributed by atoms with Crippen molar-refractivity contribution in [3.05, 3.63) is 48.0 Å². The van der Waals surface area contributed by atoms with Gasteiger partial charge in [0.2, 0.25) is 0 Å². The zero-order valence-corrected chi connectivity index (χ0v) is 17.9. The van der Waals surface area contributed by atoms with Crippen LogP contribution in [0.15, 0.2) is 42.5 Å². The van der Waals surface area contributed by atoms with Gasteiger partial charge in [0.25, 0.3) is 5.91 Å². The van der Waals surface area contributed by atoms with E-state index in [-0.39, 0.29) is 13.0 Å². The summed E-state index contributed by atoms with van der Waals surface area (Å²) in [5.41, 5.74) is 1.25. The first-order chi connectivity index (χ1) is 14.8. The molecule has 1 aromatic carbocycles. The van der Waals surface area contributed by atoms with Crippen LogP contribution >= 0.6 is 0 Å². The number of likely N-dealkylation sites (tertiary alicyclic amines) is 1. The van der Waals surface area contributed by atoms with Crippen molar-refractivity contribution in [1.82, 2.24) is 4.90 Å². The second kappa shape index (κ2) is 12.5. The molecule has 0 saturated carbocycles. The highest BCUT2D eigenvalue weighted by Crippen LogP contribution is 2.34. The van der Waals surface area contributed by atoms with E-state index < -0.39 is 36.4 Å². The van der Waals surface area contributed by atoms with Crippen molar-refractivity contribution >= 4 is 11.9 Å². The summed E-state index contributed by atoms with van der Waals surface area (Å²) in [5.74, 6) is -5.39. The Hall–Kier alpha value is -2.28.